The summed E-state index contributed by atoms with van der Waals surface area (Å²) in [6.07, 6.45) is 0.0538. The number of rotatable bonds is 9. The van der Waals surface area contributed by atoms with Gasteiger partial charge in [-0.2, -0.15) is 0 Å². The normalized spacial score (nSPS) is 10.2. The summed E-state index contributed by atoms with van der Waals surface area (Å²) in [7, 11) is 1.50. The molecular weight excluding hydrogens is 304 g/mol. The van der Waals surface area contributed by atoms with Crippen LogP contribution in [0.2, 0.25) is 0 Å². The molecule has 0 atom stereocenters. The van der Waals surface area contributed by atoms with E-state index in [2.05, 4.69) is 0 Å². The van der Waals surface area contributed by atoms with Crippen molar-refractivity contribution in [3.63, 3.8) is 0 Å². The fourth-order valence-corrected chi connectivity index (χ4v) is 1.91. The minimum absolute atomic E-state index is 0.0538. The number of nitrogens with zero attached hydrogens (tertiary/aromatic N) is 2. The van der Waals surface area contributed by atoms with E-state index in [1.54, 1.807) is 6.92 Å². The first-order valence-electron chi connectivity index (χ1n) is 7.17. The molecule has 0 saturated carbocycles. The molecule has 1 amide bonds. The molecule has 0 N–H and O–H groups in total. The number of methoxy groups -OCH3 is 1. The monoisotopic (exact) mass is 324 g/mol. The summed E-state index contributed by atoms with van der Waals surface area (Å²) in [6, 6.07) is 5.48. The molecule has 0 aromatic heterocycles. The van der Waals surface area contributed by atoms with Crippen LogP contribution in [-0.2, 0) is 14.3 Å². The third-order valence-electron chi connectivity index (χ3n) is 3.05. The minimum atomic E-state index is -0.561. The van der Waals surface area contributed by atoms with Crippen LogP contribution in [0.4, 0.5) is 5.69 Å². The van der Waals surface area contributed by atoms with Crippen molar-refractivity contribution >= 4 is 17.6 Å². The maximum atomic E-state index is 12.5. The summed E-state index contributed by atoms with van der Waals surface area (Å²) in [5.41, 5.74) is 0.0343. The third-order valence-corrected chi connectivity index (χ3v) is 3.05. The fourth-order valence-electron chi connectivity index (χ4n) is 1.91. The van der Waals surface area contributed by atoms with Gasteiger partial charge >= 0.3 is 5.97 Å². The summed E-state index contributed by atoms with van der Waals surface area (Å²) < 4.78 is 9.79. The molecule has 0 saturated heterocycles. The lowest BCUT2D eigenvalue weighted by Crippen LogP contribution is -2.36. The number of carbonyl (C=O) groups excluding carboxylic acids is 2. The van der Waals surface area contributed by atoms with Gasteiger partial charge in [-0.05, 0) is 13.0 Å². The van der Waals surface area contributed by atoms with E-state index in [1.165, 1.54) is 36.3 Å². The number of nitro groups is 1. The lowest BCUT2D eigenvalue weighted by molar-refractivity contribution is -0.384. The maximum absolute atomic E-state index is 12.5. The standard InChI is InChI=1S/C15H20N2O6/c1-3-23-14(18)7-8-16(9-10-22-2)15(19)12-5-4-6-13(11-12)17(20)21/h4-6,11H,3,7-10H2,1-2H3. The quantitative estimate of drug-likeness (QED) is 0.389. The van der Waals surface area contributed by atoms with Crippen LogP contribution in [0.25, 0.3) is 0 Å². The number of nitro benzene ring substituents is 1. The molecule has 1 rings (SSSR count). The molecule has 8 nitrogen and oxygen atoms in total. The molecule has 126 valence electrons. The highest BCUT2D eigenvalue weighted by Gasteiger charge is 2.19. The first-order chi connectivity index (χ1) is 11.0. The lowest BCUT2D eigenvalue weighted by Gasteiger charge is -2.22. The van der Waals surface area contributed by atoms with E-state index in [-0.39, 0.29) is 37.4 Å². The molecular formula is C15H20N2O6. The summed E-state index contributed by atoms with van der Waals surface area (Å²) in [5, 5.41) is 10.8. The van der Waals surface area contributed by atoms with Crippen molar-refractivity contribution in [2.24, 2.45) is 0 Å². The molecule has 0 heterocycles. The van der Waals surface area contributed by atoms with Crippen LogP contribution in [0.3, 0.4) is 0 Å². The number of amides is 1. The molecule has 0 aliphatic carbocycles. The molecule has 0 spiro atoms. The van der Waals surface area contributed by atoms with E-state index in [1.807, 2.05) is 0 Å². The first-order valence-corrected chi connectivity index (χ1v) is 7.17. The van der Waals surface area contributed by atoms with Gasteiger partial charge in [0.1, 0.15) is 0 Å². The maximum Gasteiger partial charge on any atom is 0.307 e. The zero-order valence-electron chi connectivity index (χ0n) is 13.2. The van der Waals surface area contributed by atoms with Crippen molar-refractivity contribution in [3.05, 3.63) is 39.9 Å². The molecule has 0 unspecified atom stereocenters. The number of esters is 1. The molecule has 8 heteroatoms. The van der Waals surface area contributed by atoms with E-state index >= 15 is 0 Å². The number of non-ortho nitro benzene ring substituents is 1. The zero-order chi connectivity index (χ0) is 17.2. The van der Waals surface area contributed by atoms with Crippen LogP contribution in [0.5, 0.6) is 0 Å². The lowest BCUT2D eigenvalue weighted by atomic mass is 10.1. The van der Waals surface area contributed by atoms with Gasteiger partial charge in [0, 0.05) is 37.9 Å². The average molecular weight is 324 g/mol. The summed E-state index contributed by atoms with van der Waals surface area (Å²) in [6.45, 7) is 2.70. The van der Waals surface area contributed by atoms with Crippen LogP contribution in [-0.4, -0.2) is 55.1 Å². The predicted octanol–water partition coefficient (Wildman–Crippen LogP) is 1.64. The van der Waals surface area contributed by atoms with Gasteiger partial charge in [0.05, 0.1) is 24.6 Å². The number of hydrogen-bond acceptors (Lipinski definition) is 6. The van der Waals surface area contributed by atoms with Gasteiger partial charge in [0.15, 0.2) is 0 Å². The smallest absolute Gasteiger partial charge is 0.307 e. The predicted molar refractivity (Wildman–Crippen MR) is 82.1 cm³/mol. The van der Waals surface area contributed by atoms with E-state index in [0.717, 1.165) is 0 Å². The Labute approximate surface area is 134 Å². The number of carbonyl (C=O) groups is 2. The van der Waals surface area contributed by atoms with Crippen LogP contribution >= 0.6 is 0 Å². The Morgan fingerprint density at radius 1 is 1.30 bits per heavy atom. The highest BCUT2D eigenvalue weighted by atomic mass is 16.6. The van der Waals surface area contributed by atoms with Gasteiger partial charge in [-0.3, -0.25) is 19.7 Å². The van der Waals surface area contributed by atoms with Gasteiger partial charge < -0.3 is 14.4 Å². The number of benzene rings is 1. The van der Waals surface area contributed by atoms with Gasteiger partial charge in [-0.15, -0.1) is 0 Å². The van der Waals surface area contributed by atoms with Crippen molar-refractivity contribution in [2.45, 2.75) is 13.3 Å². The molecule has 0 fully saturated rings. The van der Waals surface area contributed by atoms with Crippen molar-refractivity contribution in [3.8, 4) is 0 Å². The molecule has 0 aliphatic heterocycles. The van der Waals surface area contributed by atoms with E-state index in [0.29, 0.717) is 6.61 Å². The Bertz CT molecular complexity index is 561. The SMILES string of the molecule is CCOC(=O)CCN(CCOC)C(=O)c1cccc([N+](=O)[O-])c1. The van der Waals surface area contributed by atoms with Crippen LogP contribution in [0.15, 0.2) is 24.3 Å². The Hall–Kier alpha value is -2.48. The molecule has 1 aromatic carbocycles. The Morgan fingerprint density at radius 2 is 2.04 bits per heavy atom. The Morgan fingerprint density at radius 3 is 2.65 bits per heavy atom. The van der Waals surface area contributed by atoms with E-state index in [9.17, 15) is 19.7 Å². The van der Waals surface area contributed by atoms with Crippen LogP contribution < -0.4 is 0 Å². The molecule has 0 aliphatic rings. The second-order valence-electron chi connectivity index (χ2n) is 4.65. The van der Waals surface area contributed by atoms with Crippen molar-refractivity contribution in [1.82, 2.24) is 4.90 Å². The largest absolute Gasteiger partial charge is 0.466 e. The number of ether oxygens (including phenoxy) is 2. The van der Waals surface area contributed by atoms with Crippen molar-refractivity contribution in [1.29, 1.82) is 0 Å². The molecule has 1 aromatic rings. The van der Waals surface area contributed by atoms with E-state index in [4.69, 9.17) is 9.47 Å². The van der Waals surface area contributed by atoms with E-state index < -0.39 is 16.8 Å². The molecule has 23 heavy (non-hydrogen) atoms. The van der Waals surface area contributed by atoms with Gasteiger partial charge in [-0.1, -0.05) is 6.07 Å². The highest BCUT2D eigenvalue weighted by molar-refractivity contribution is 5.95. The summed E-state index contributed by atoms with van der Waals surface area (Å²) in [5.74, 6) is -0.795. The second kappa shape index (κ2) is 9.52. The van der Waals surface area contributed by atoms with Crippen LogP contribution in [0.1, 0.15) is 23.7 Å². The first kappa shape index (κ1) is 18.6. The van der Waals surface area contributed by atoms with Gasteiger partial charge in [0.2, 0.25) is 0 Å². The Balaban J connectivity index is 2.83. The van der Waals surface area contributed by atoms with Gasteiger partial charge in [-0.25, -0.2) is 0 Å². The summed E-state index contributed by atoms with van der Waals surface area (Å²) in [4.78, 5) is 35.6. The second-order valence-corrected chi connectivity index (χ2v) is 4.65. The topological polar surface area (TPSA) is 99.0 Å². The molecule has 0 bridgehead atoms. The number of hydrogen-bond donors (Lipinski definition) is 0. The van der Waals surface area contributed by atoms with Crippen molar-refractivity contribution < 1.29 is 24.0 Å². The van der Waals surface area contributed by atoms with Crippen LogP contribution in [0, 0.1) is 10.1 Å². The van der Waals surface area contributed by atoms with Gasteiger partial charge in [0.25, 0.3) is 11.6 Å². The third kappa shape index (κ3) is 6.03. The van der Waals surface area contributed by atoms with Crippen molar-refractivity contribution in [2.75, 3.05) is 33.4 Å². The zero-order valence-corrected chi connectivity index (χ0v) is 13.2. The minimum Gasteiger partial charge on any atom is -0.466 e. The average Bonchev–Trinajstić information content (AvgIpc) is 2.54. The summed E-state index contributed by atoms with van der Waals surface area (Å²) >= 11 is 0. The molecule has 0 radical (unpaired) electrons. The highest BCUT2D eigenvalue weighted by Crippen LogP contribution is 2.15. The fraction of sp³-hybridized carbons (Fsp3) is 0.467. The Kier molecular flexibility index (Phi) is 7.69.